The highest BCUT2D eigenvalue weighted by molar-refractivity contribution is 5.89. The van der Waals surface area contributed by atoms with Gasteiger partial charge in [-0.3, -0.25) is 4.79 Å². The molecule has 0 spiro atoms. The van der Waals surface area contributed by atoms with Crippen molar-refractivity contribution < 1.29 is 9.21 Å². The molecule has 0 atom stereocenters. The number of aromatic nitrogens is 2. The van der Waals surface area contributed by atoms with Gasteiger partial charge in [-0.05, 0) is 26.0 Å². The molecule has 2 heterocycles. The zero-order valence-corrected chi connectivity index (χ0v) is 10.6. The third-order valence-corrected chi connectivity index (χ3v) is 2.61. The Morgan fingerprint density at radius 1 is 1.50 bits per heavy atom. The van der Waals surface area contributed by atoms with Crippen molar-refractivity contribution in [1.29, 1.82) is 0 Å². The van der Waals surface area contributed by atoms with Gasteiger partial charge in [-0.1, -0.05) is 0 Å². The van der Waals surface area contributed by atoms with Gasteiger partial charge in [-0.2, -0.15) is 5.10 Å². The number of carbonyl (C=O) groups is 1. The molecule has 0 bridgehead atoms. The van der Waals surface area contributed by atoms with Crippen molar-refractivity contribution in [3.8, 4) is 0 Å². The second-order valence-corrected chi connectivity index (χ2v) is 4.38. The first-order valence-electron chi connectivity index (χ1n) is 6.02. The van der Waals surface area contributed by atoms with Gasteiger partial charge >= 0.3 is 0 Å². The smallest absolute Gasteiger partial charge is 0.225 e. The first-order valence-corrected chi connectivity index (χ1v) is 6.02. The summed E-state index contributed by atoms with van der Waals surface area (Å²) >= 11 is 0. The molecule has 0 aliphatic heterocycles. The topological polar surface area (TPSA) is 60.1 Å². The second-order valence-electron chi connectivity index (χ2n) is 4.38. The van der Waals surface area contributed by atoms with E-state index in [0.717, 1.165) is 11.6 Å². The predicted octanol–water partition coefficient (Wildman–Crippen LogP) is 2.63. The molecule has 0 unspecified atom stereocenters. The summed E-state index contributed by atoms with van der Waals surface area (Å²) in [4.78, 5) is 11.8. The van der Waals surface area contributed by atoms with Crippen molar-refractivity contribution in [2.75, 3.05) is 5.32 Å². The fraction of sp³-hybridized carbons (Fsp3) is 0.385. The lowest BCUT2D eigenvalue weighted by molar-refractivity contribution is -0.116. The van der Waals surface area contributed by atoms with Gasteiger partial charge in [0.15, 0.2) is 0 Å². The summed E-state index contributed by atoms with van der Waals surface area (Å²) in [5.41, 5.74) is 0. The molecule has 5 heteroatoms. The molecule has 0 radical (unpaired) electrons. The number of rotatable bonds is 5. The van der Waals surface area contributed by atoms with Crippen LogP contribution in [0.15, 0.2) is 35.1 Å². The Hall–Kier alpha value is -2.04. The van der Waals surface area contributed by atoms with Gasteiger partial charge < -0.3 is 9.73 Å². The maximum atomic E-state index is 11.8. The summed E-state index contributed by atoms with van der Waals surface area (Å²) in [6, 6.07) is 5.71. The highest BCUT2D eigenvalue weighted by Gasteiger charge is 2.09. The Bertz CT molecular complexity index is 500. The SMILES string of the molecule is CC(C)n1nccc1NC(=O)CCc1ccco1. The van der Waals surface area contributed by atoms with E-state index in [1.54, 1.807) is 23.2 Å². The normalized spacial score (nSPS) is 10.8. The standard InChI is InChI=1S/C13H17N3O2/c1-10(2)16-12(7-8-14-16)15-13(17)6-5-11-4-3-9-18-11/h3-4,7-10H,5-6H2,1-2H3,(H,15,17). The van der Waals surface area contributed by atoms with Crippen LogP contribution < -0.4 is 5.32 Å². The Morgan fingerprint density at radius 3 is 3.00 bits per heavy atom. The van der Waals surface area contributed by atoms with Crippen LogP contribution in [-0.2, 0) is 11.2 Å². The lowest BCUT2D eigenvalue weighted by atomic mass is 10.2. The van der Waals surface area contributed by atoms with Crippen molar-refractivity contribution >= 4 is 11.7 Å². The van der Waals surface area contributed by atoms with E-state index in [0.29, 0.717) is 12.8 Å². The molecule has 0 fully saturated rings. The van der Waals surface area contributed by atoms with Gasteiger partial charge in [0.2, 0.25) is 5.91 Å². The van der Waals surface area contributed by atoms with Crippen LogP contribution in [-0.4, -0.2) is 15.7 Å². The molecule has 2 aromatic heterocycles. The summed E-state index contributed by atoms with van der Waals surface area (Å²) in [5.74, 6) is 1.52. The second kappa shape index (κ2) is 5.53. The molecular formula is C13H17N3O2. The predicted molar refractivity (Wildman–Crippen MR) is 68.3 cm³/mol. The first kappa shape index (κ1) is 12.4. The maximum Gasteiger partial charge on any atom is 0.225 e. The molecule has 0 aliphatic carbocycles. The average Bonchev–Trinajstić information content (AvgIpc) is 2.96. The third kappa shape index (κ3) is 3.00. The number of carbonyl (C=O) groups excluding carboxylic acids is 1. The summed E-state index contributed by atoms with van der Waals surface area (Å²) in [5, 5.41) is 7.02. The third-order valence-electron chi connectivity index (χ3n) is 2.61. The van der Waals surface area contributed by atoms with Gasteiger partial charge in [0.1, 0.15) is 11.6 Å². The van der Waals surface area contributed by atoms with Crippen LogP contribution in [0.2, 0.25) is 0 Å². The summed E-state index contributed by atoms with van der Waals surface area (Å²) < 4.78 is 6.97. The molecule has 18 heavy (non-hydrogen) atoms. The van der Waals surface area contributed by atoms with Gasteiger partial charge in [0.25, 0.3) is 0 Å². The van der Waals surface area contributed by atoms with Crippen LogP contribution in [0.1, 0.15) is 32.1 Å². The molecule has 0 aromatic carbocycles. The minimum Gasteiger partial charge on any atom is -0.469 e. The highest BCUT2D eigenvalue weighted by Crippen LogP contribution is 2.13. The van der Waals surface area contributed by atoms with Crippen molar-refractivity contribution in [3.05, 3.63) is 36.4 Å². The molecule has 5 nitrogen and oxygen atoms in total. The quantitative estimate of drug-likeness (QED) is 0.883. The van der Waals surface area contributed by atoms with Gasteiger partial charge in [0.05, 0.1) is 12.5 Å². The Kier molecular flexibility index (Phi) is 3.82. The number of aryl methyl sites for hydroxylation is 1. The fourth-order valence-corrected chi connectivity index (χ4v) is 1.72. The molecule has 96 valence electrons. The summed E-state index contributed by atoms with van der Waals surface area (Å²) in [6.07, 6.45) is 4.30. The molecule has 1 N–H and O–H groups in total. The molecule has 0 aliphatic rings. The van der Waals surface area contributed by atoms with E-state index >= 15 is 0 Å². The van der Waals surface area contributed by atoms with Crippen LogP contribution in [0.25, 0.3) is 0 Å². The van der Waals surface area contributed by atoms with E-state index in [2.05, 4.69) is 10.4 Å². The number of anilines is 1. The number of furan rings is 1. The van der Waals surface area contributed by atoms with Gasteiger partial charge in [-0.15, -0.1) is 0 Å². The van der Waals surface area contributed by atoms with Crippen molar-refractivity contribution in [1.82, 2.24) is 9.78 Å². The number of nitrogens with zero attached hydrogens (tertiary/aromatic N) is 2. The molecule has 2 rings (SSSR count). The van der Waals surface area contributed by atoms with Crippen LogP contribution in [0.4, 0.5) is 5.82 Å². The molecule has 1 amide bonds. The zero-order chi connectivity index (χ0) is 13.0. The van der Waals surface area contributed by atoms with E-state index < -0.39 is 0 Å². The van der Waals surface area contributed by atoms with Crippen LogP contribution >= 0.6 is 0 Å². The van der Waals surface area contributed by atoms with Crippen LogP contribution in [0.5, 0.6) is 0 Å². The lowest BCUT2D eigenvalue weighted by Crippen LogP contribution is -2.16. The lowest BCUT2D eigenvalue weighted by Gasteiger charge is -2.11. The van der Waals surface area contributed by atoms with E-state index in [1.165, 1.54) is 0 Å². The van der Waals surface area contributed by atoms with Crippen molar-refractivity contribution in [2.45, 2.75) is 32.7 Å². The average molecular weight is 247 g/mol. The minimum absolute atomic E-state index is 0.0335. The largest absolute Gasteiger partial charge is 0.469 e. The summed E-state index contributed by atoms with van der Waals surface area (Å²) in [7, 11) is 0. The van der Waals surface area contributed by atoms with E-state index in [9.17, 15) is 4.79 Å². The highest BCUT2D eigenvalue weighted by atomic mass is 16.3. The Labute approximate surface area is 106 Å². The molecule has 0 saturated carbocycles. The van der Waals surface area contributed by atoms with E-state index in [4.69, 9.17) is 4.42 Å². The first-order chi connectivity index (χ1) is 8.66. The minimum atomic E-state index is -0.0335. The Morgan fingerprint density at radius 2 is 2.33 bits per heavy atom. The van der Waals surface area contributed by atoms with E-state index in [-0.39, 0.29) is 11.9 Å². The van der Waals surface area contributed by atoms with Crippen LogP contribution in [0, 0.1) is 0 Å². The molecular weight excluding hydrogens is 230 g/mol. The fourth-order valence-electron chi connectivity index (χ4n) is 1.72. The Balaban J connectivity index is 1.89. The van der Waals surface area contributed by atoms with Gasteiger partial charge in [0, 0.05) is 24.9 Å². The van der Waals surface area contributed by atoms with Crippen LogP contribution in [0.3, 0.4) is 0 Å². The maximum absolute atomic E-state index is 11.8. The zero-order valence-electron chi connectivity index (χ0n) is 10.6. The van der Waals surface area contributed by atoms with Crippen molar-refractivity contribution in [3.63, 3.8) is 0 Å². The number of hydrogen-bond donors (Lipinski definition) is 1. The number of amides is 1. The number of nitrogens with one attached hydrogen (secondary N) is 1. The molecule has 0 saturated heterocycles. The number of hydrogen-bond acceptors (Lipinski definition) is 3. The van der Waals surface area contributed by atoms with Crippen molar-refractivity contribution in [2.24, 2.45) is 0 Å². The molecule has 2 aromatic rings. The monoisotopic (exact) mass is 247 g/mol. The van der Waals surface area contributed by atoms with Gasteiger partial charge in [-0.25, -0.2) is 4.68 Å². The van der Waals surface area contributed by atoms with E-state index in [1.807, 2.05) is 26.0 Å². The summed E-state index contributed by atoms with van der Waals surface area (Å²) in [6.45, 7) is 4.04.